The highest BCUT2D eigenvalue weighted by Gasteiger charge is 2.30. The maximum absolute atomic E-state index is 13.3. The highest BCUT2D eigenvalue weighted by Crippen LogP contribution is 2.12. The summed E-state index contributed by atoms with van der Waals surface area (Å²) in [4.78, 5) is 39.5. The molecule has 1 aliphatic rings. The summed E-state index contributed by atoms with van der Waals surface area (Å²) in [6.07, 6.45) is -3.76. The van der Waals surface area contributed by atoms with Gasteiger partial charge in [0, 0.05) is 44.8 Å². The van der Waals surface area contributed by atoms with Gasteiger partial charge in [-0.05, 0) is 43.5 Å². The third kappa shape index (κ3) is 9.96. The summed E-state index contributed by atoms with van der Waals surface area (Å²) in [5, 5.41) is 39.7. The molecule has 0 aromatic heterocycles. The Kier molecular flexibility index (Phi) is 13.8. The molecule has 1 aromatic rings. The molecule has 0 radical (unpaired) electrons. The molecule has 0 spiro atoms. The van der Waals surface area contributed by atoms with Crippen molar-refractivity contribution in [2.45, 2.75) is 50.0 Å². The summed E-state index contributed by atoms with van der Waals surface area (Å²) in [6, 6.07) is 3.74. The number of halogens is 2. The predicted octanol–water partition coefficient (Wildman–Crippen LogP) is -0.396. The molecule has 13 heteroatoms. The van der Waals surface area contributed by atoms with E-state index in [0.29, 0.717) is 12.8 Å². The second-order valence-corrected chi connectivity index (χ2v) is 8.53. The number of aliphatic hydroxyl groups is 3. The van der Waals surface area contributed by atoms with Crippen LogP contribution in [0.3, 0.4) is 0 Å². The van der Waals surface area contributed by atoms with Gasteiger partial charge in [-0.25, -0.2) is 4.39 Å². The third-order valence-electron chi connectivity index (χ3n) is 5.77. The smallest absolute Gasteiger partial charge is 0.303 e. The van der Waals surface area contributed by atoms with Gasteiger partial charge in [-0.15, -0.1) is 12.4 Å². The highest BCUT2D eigenvalue weighted by molar-refractivity contribution is 5.94. The van der Waals surface area contributed by atoms with Crippen molar-refractivity contribution in [3.05, 3.63) is 35.6 Å². The summed E-state index contributed by atoms with van der Waals surface area (Å²) in [7, 11) is 0. The minimum atomic E-state index is -1.59. The van der Waals surface area contributed by atoms with Crippen LogP contribution in [0.5, 0.6) is 0 Å². The van der Waals surface area contributed by atoms with Crippen LogP contribution in [0.4, 0.5) is 4.39 Å². The Morgan fingerprint density at radius 1 is 1.03 bits per heavy atom. The number of rotatable bonds is 5. The first-order valence-electron chi connectivity index (χ1n) is 11.5. The van der Waals surface area contributed by atoms with Crippen LogP contribution in [0.15, 0.2) is 24.3 Å². The number of hydrogen-bond acceptors (Lipinski definition) is 8. The van der Waals surface area contributed by atoms with Crippen LogP contribution in [0.25, 0.3) is 0 Å². The highest BCUT2D eigenvalue weighted by atomic mass is 35.5. The first kappa shape index (κ1) is 31.7. The van der Waals surface area contributed by atoms with E-state index in [1.54, 1.807) is 0 Å². The number of benzene rings is 1. The standard InChI is InChI=1S/C23H34FN3O8.ClH/c24-16-5-3-15(4-6-16)22(33)27-11-10-26(23(34)17(25)7-8-20(30)31)9-1-2-12-35-14-19(29)21(32)18(28)13-27;/h3-6,17-19,21,28-29,32H,1-2,7-14,25H2,(H,30,31);1H/t17-,18-,19+,21+;/m0./s1. The molecule has 6 N–H and O–H groups in total. The van der Waals surface area contributed by atoms with Crippen molar-refractivity contribution in [2.75, 3.05) is 39.4 Å². The molecule has 4 atom stereocenters. The lowest BCUT2D eigenvalue weighted by Gasteiger charge is -2.33. The fourth-order valence-electron chi connectivity index (χ4n) is 3.66. The van der Waals surface area contributed by atoms with Crippen molar-refractivity contribution in [3.63, 3.8) is 0 Å². The predicted molar refractivity (Wildman–Crippen MR) is 129 cm³/mol. The molecule has 2 rings (SSSR count). The fraction of sp³-hybridized carbons (Fsp3) is 0.609. The number of carboxylic acid groups (broad SMARTS) is 1. The molecule has 1 saturated heterocycles. The minimum Gasteiger partial charge on any atom is -0.481 e. The number of carbonyl (C=O) groups excluding carboxylic acids is 2. The van der Waals surface area contributed by atoms with Crippen LogP contribution in [-0.2, 0) is 14.3 Å². The van der Waals surface area contributed by atoms with Crippen molar-refractivity contribution in [2.24, 2.45) is 5.73 Å². The second kappa shape index (κ2) is 15.7. The number of nitrogens with zero attached hydrogens (tertiary/aromatic N) is 2. The Morgan fingerprint density at radius 2 is 1.67 bits per heavy atom. The van der Waals surface area contributed by atoms with E-state index in [2.05, 4.69) is 0 Å². The monoisotopic (exact) mass is 535 g/mol. The van der Waals surface area contributed by atoms with Crippen molar-refractivity contribution < 1.29 is 43.9 Å². The van der Waals surface area contributed by atoms with Crippen LogP contribution >= 0.6 is 12.4 Å². The number of amides is 2. The van der Waals surface area contributed by atoms with E-state index >= 15 is 0 Å². The summed E-state index contributed by atoms with van der Waals surface area (Å²) < 4.78 is 18.7. The molecule has 0 bridgehead atoms. The average Bonchev–Trinajstić information content (AvgIpc) is 2.83. The Labute approximate surface area is 215 Å². The van der Waals surface area contributed by atoms with Gasteiger partial charge in [-0.3, -0.25) is 14.4 Å². The van der Waals surface area contributed by atoms with Crippen LogP contribution in [0.1, 0.15) is 36.0 Å². The van der Waals surface area contributed by atoms with Gasteiger partial charge in [-0.1, -0.05) is 0 Å². The normalized spacial score (nSPS) is 23.2. The molecular weight excluding hydrogens is 501 g/mol. The van der Waals surface area contributed by atoms with Gasteiger partial charge in [0.25, 0.3) is 5.91 Å². The van der Waals surface area contributed by atoms with Crippen LogP contribution in [0, 0.1) is 5.82 Å². The number of β-amino-alcohol motifs (C(OH)–C–C–N with tert-alkyl or cyclic N) is 1. The fourth-order valence-corrected chi connectivity index (χ4v) is 3.66. The molecule has 1 aliphatic heterocycles. The van der Waals surface area contributed by atoms with E-state index in [-0.39, 0.29) is 70.2 Å². The lowest BCUT2D eigenvalue weighted by molar-refractivity contribution is -0.137. The summed E-state index contributed by atoms with van der Waals surface area (Å²) in [5.41, 5.74) is 6.05. The summed E-state index contributed by atoms with van der Waals surface area (Å²) in [5.74, 6) is -2.65. The van der Waals surface area contributed by atoms with Crippen molar-refractivity contribution in [3.8, 4) is 0 Å². The molecule has 11 nitrogen and oxygen atoms in total. The second-order valence-electron chi connectivity index (χ2n) is 8.53. The number of nitrogens with two attached hydrogens (primary N) is 1. The quantitative estimate of drug-likeness (QED) is 0.336. The molecule has 36 heavy (non-hydrogen) atoms. The number of hydrogen-bond donors (Lipinski definition) is 5. The minimum absolute atomic E-state index is 0. The van der Waals surface area contributed by atoms with Gasteiger partial charge in [0.15, 0.2) is 0 Å². The van der Waals surface area contributed by atoms with E-state index in [1.165, 1.54) is 21.9 Å². The lowest BCUT2D eigenvalue weighted by atomic mass is 10.1. The summed E-state index contributed by atoms with van der Waals surface area (Å²) in [6.45, 7) is -0.103. The van der Waals surface area contributed by atoms with Gasteiger partial charge in [0.2, 0.25) is 5.91 Å². The molecule has 1 fully saturated rings. The Balaban J connectivity index is 0.00000648. The number of ether oxygens (including phenoxy) is 1. The number of carbonyl (C=O) groups is 3. The first-order valence-corrected chi connectivity index (χ1v) is 11.5. The molecule has 0 unspecified atom stereocenters. The van der Waals surface area contributed by atoms with Crippen molar-refractivity contribution in [1.82, 2.24) is 9.80 Å². The molecule has 1 aromatic carbocycles. The van der Waals surface area contributed by atoms with E-state index in [4.69, 9.17) is 15.6 Å². The van der Waals surface area contributed by atoms with Gasteiger partial charge in [-0.2, -0.15) is 0 Å². The van der Waals surface area contributed by atoms with E-state index in [9.17, 15) is 34.1 Å². The Hall–Kier alpha value is -2.35. The average molecular weight is 536 g/mol. The molecular formula is C23H35ClFN3O8. The van der Waals surface area contributed by atoms with Gasteiger partial charge in [0.05, 0.1) is 12.6 Å². The maximum Gasteiger partial charge on any atom is 0.303 e. The number of carboxylic acids is 1. The lowest BCUT2D eigenvalue weighted by Crippen LogP contribution is -2.51. The van der Waals surface area contributed by atoms with E-state index < -0.39 is 48.0 Å². The molecule has 204 valence electrons. The molecule has 0 saturated carbocycles. The van der Waals surface area contributed by atoms with Gasteiger partial charge >= 0.3 is 5.97 Å². The van der Waals surface area contributed by atoms with Crippen LogP contribution in [-0.4, -0.2) is 112 Å². The van der Waals surface area contributed by atoms with Crippen LogP contribution < -0.4 is 5.73 Å². The third-order valence-corrected chi connectivity index (χ3v) is 5.77. The Morgan fingerprint density at radius 3 is 2.31 bits per heavy atom. The van der Waals surface area contributed by atoms with Crippen LogP contribution in [0.2, 0.25) is 0 Å². The van der Waals surface area contributed by atoms with Crippen molar-refractivity contribution in [1.29, 1.82) is 0 Å². The number of aliphatic hydroxyl groups excluding tert-OH is 3. The van der Waals surface area contributed by atoms with E-state index in [0.717, 1.165) is 12.1 Å². The SMILES string of the molecule is Cl.N[C@@H](CCC(=O)O)C(=O)N1CCCCOC[C@@H](O)[C@H](O)[C@@H](O)CN(C(=O)c2ccc(F)cc2)CC1. The van der Waals surface area contributed by atoms with Gasteiger partial charge in [0.1, 0.15) is 24.1 Å². The number of aliphatic carboxylic acids is 1. The van der Waals surface area contributed by atoms with E-state index in [1.807, 2.05) is 0 Å². The maximum atomic E-state index is 13.3. The first-order chi connectivity index (χ1) is 16.6. The Bertz CT molecular complexity index is 847. The molecule has 2 amide bonds. The zero-order valence-corrected chi connectivity index (χ0v) is 20.7. The zero-order valence-electron chi connectivity index (χ0n) is 19.9. The topological polar surface area (TPSA) is 174 Å². The molecule has 1 heterocycles. The van der Waals surface area contributed by atoms with Crippen molar-refractivity contribution >= 4 is 30.2 Å². The summed E-state index contributed by atoms with van der Waals surface area (Å²) >= 11 is 0. The largest absolute Gasteiger partial charge is 0.481 e. The zero-order chi connectivity index (χ0) is 26.0. The molecule has 0 aliphatic carbocycles. The van der Waals surface area contributed by atoms with Gasteiger partial charge < -0.3 is 40.7 Å².